The molecule has 6 nitrogen and oxygen atoms in total. The van der Waals surface area contributed by atoms with Gasteiger partial charge in [0.15, 0.2) is 23.2 Å². The van der Waals surface area contributed by atoms with Crippen LogP contribution in [0.15, 0.2) is 315 Å². The van der Waals surface area contributed by atoms with Crippen LogP contribution in [0, 0.1) is 6.57 Å². The maximum atomic E-state index is 10.2. The van der Waals surface area contributed by atoms with E-state index in [-0.39, 0.29) is 95.6 Å². The molecule has 446 valence electrons. The fourth-order valence-electron chi connectivity index (χ4n) is 13.3. The van der Waals surface area contributed by atoms with Gasteiger partial charge in [-0.05, 0) is 117 Å². The summed E-state index contributed by atoms with van der Waals surface area (Å²) in [6.07, 6.45) is 0. The van der Waals surface area contributed by atoms with Crippen LogP contribution in [0.2, 0.25) is 0 Å². The van der Waals surface area contributed by atoms with Crippen molar-refractivity contribution in [2.75, 3.05) is 0 Å². The highest BCUT2D eigenvalue weighted by molar-refractivity contribution is 7.27. The minimum atomic E-state index is -0.777. The lowest BCUT2D eigenvalue weighted by Crippen LogP contribution is -2.10. The predicted molar refractivity (Wildman–Crippen MR) is 404 cm³/mol. The molecular weight excluding hydrogens is 1210 g/mol. The van der Waals surface area contributed by atoms with Gasteiger partial charge in [0, 0.05) is 84.1 Å². The Balaban J connectivity index is 1.06. The fourth-order valence-corrected chi connectivity index (χ4v) is 15.7. The van der Waals surface area contributed by atoms with Crippen LogP contribution in [0.25, 0.3) is 190 Å². The molecule has 0 saturated heterocycles. The standard InChI is InChI=1S/C88H52N6S2/c1-89-72-53-71(88-91-86(59-33-19-7-20-34-59)90-87(92-88)60-35-21-8-22-36-60)82(93-73-43-37-61(54-23-9-2-10-24-54)51-69(73)80-75(93)45-41-65-67-49-63(56-27-13-4-14-28-56)39-47-77(67)95-84(65)80)83(79(72)58-31-17-6-18-32-58)94-74-44-38-62(55-25-11-3-12-26-55)52-70(74)81-76(94)46-42-66-68-50-64(57-29-15-5-16-30-57)40-48-78(68)96-85(66)81/h2-53H/i2D,3D,4D,5D,6D,9D,10D,11D,12D,13D,14D,15D,16D,17D,18D,23D,24D,25D,26D,27D,28D,29D,30D,31D,32D. The van der Waals surface area contributed by atoms with Crippen LogP contribution in [0.4, 0.5) is 5.69 Å². The van der Waals surface area contributed by atoms with Crippen molar-refractivity contribution in [3.63, 3.8) is 0 Å². The van der Waals surface area contributed by atoms with Crippen molar-refractivity contribution >= 4 is 112 Å². The molecule has 0 fully saturated rings. The molecule has 0 aliphatic heterocycles. The second-order valence-corrected chi connectivity index (χ2v) is 24.7. The SMILES string of the molecule is [2H]c1c([2H])c([2H])c(-c2ccc3sc4c(ccc5c4c4cc(-c6c([2H])c([2H])c([2H])c([2H])c6[2H])ccc4n5-c4c(-c5nc(-c6ccccc6)nc(-c6ccccc6)n5)cc([N+]#[C-])c(-c5c([2H])c([2H])c([2H])c([2H])c5[2H])c4-n4c5ccc(-c6c([2H])c([2H])c([2H])c([2H])c6[2H])cc5c5c6sc7ccc(-c8c([2H])c([2H])c([2H])c([2H])c8[2H])cc7c6ccc54)c3c2)c([2H])c1[2H]. The summed E-state index contributed by atoms with van der Waals surface area (Å²) >= 11 is 2.62. The van der Waals surface area contributed by atoms with Crippen molar-refractivity contribution in [1.82, 2.24) is 24.1 Å². The van der Waals surface area contributed by atoms with Gasteiger partial charge in [0.1, 0.15) is 0 Å². The Morgan fingerprint density at radius 1 is 0.312 bits per heavy atom. The van der Waals surface area contributed by atoms with Crippen LogP contribution in [0.5, 0.6) is 0 Å². The van der Waals surface area contributed by atoms with E-state index in [1.807, 2.05) is 34.9 Å². The first-order valence-corrected chi connectivity index (χ1v) is 31.8. The minimum absolute atomic E-state index is 0.0473. The number of nitrogens with zero attached hydrogens (tertiary/aromatic N) is 6. The number of hydrogen-bond donors (Lipinski definition) is 0. The third-order valence-corrected chi connectivity index (χ3v) is 19.8. The Labute approximate surface area is 595 Å². The zero-order valence-electron chi connectivity index (χ0n) is 74.6. The molecule has 0 amide bonds. The fraction of sp³-hybridized carbons (Fsp3) is 0. The molecule has 0 radical (unpaired) electrons. The molecule has 0 saturated carbocycles. The van der Waals surface area contributed by atoms with Gasteiger partial charge in [0.2, 0.25) is 0 Å². The Morgan fingerprint density at radius 2 is 0.677 bits per heavy atom. The zero-order chi connectivity index (χ0) is 85.1. The summed E-state index contributed by atoms with van der Waals surface area (Å²) < 4.78 is 233. The summed E-state index contributed by atoms with van der Waals surface area (Å²) in [5.74, 6) is 0.215. The van der Waals surface area contributed by atoms with Crippen LogP contribution >= 0.6 is 22.7 Å². The summed E-state index contributed by atoms with van der Waals surface area (Å²) in [5, 5.41) is 3.85. The number of rotatable bonds is 10. The lowest BCUT2D eigenvalue weighted by atomic mass is 9.95. The summed E-state index contributed by atoms with van der Waals surface area (Å²) in [4.78, 5) is 20.2. The van der Waals surface area contributed by atoms with E-state index in [9.17, 15) is 17.5 Å². The van der Waals surface area contributed by atoms with Gasteiger partial charge in [-0.1, -0.05) is 248 Å². The maximum Gasteiger partial charge on any atom is 0.197 e. The predicted octanol–water partition coefficient (Wildman–Crippen LogP) is 24.7. The average Bonchev–Trinajstić information content (AvgIpc) is 1.54. The van der Waals surface area contributed by atoms with E-state index in [1.165, 1.54) is 28.7 Å². The van der Waals surface area contributed by atoms with E-state index < -0.39 is 157 Å². The zero-order valence-corrected chi connectivity index (χ0v) is 51.2. The minimum Gasteiger partial charge on any atom is -0.308 e. The number of aromatic nitrogens is 5. The molecule has 5 aromatic heterocycles. The van der Waals surface area contributed by atoms with Crippen molar-refractivity contribution < 1.29 is 34.3 Å². The Bertz CT molecular complexity index is 7790. The Hall–Kier alpha value is -12.4. The first kappa shape index (κ1) is 35.6. The molecule has 8 heteroatoms. The molecular formula is C88H52N6S2. The number of benzene rings is 14. The lowest BCUT2D eigenvalue weighted by Gasteiger charge is -2.25. The van der Waals surface area contributed by atoms with Gasteiger partial charge in [0.25, 0.3) is 0 Å². The molecule has 96 heavy (non-hydrogen) atoms. The van der Waals surface area contributed by atoms with Crippen LogP contribution in [-0.4, -0.2) is 24.1 Å². The average molecular weight is 1280 g/mol. The van der Waals surface area contributed by atoms with E-state index in [0.29, 0.717) is 89.6 Å². The van der Waals surface area contributed by atoms with Crippen LogP contribution in [0.3, 0.4) is 0 Å². The van der Waals surface area contributed by atoms with Gasteiger partial charge in [0.05, 0.1) is 74.3 Å². The molecule has 0 aliphatic rings. The van der Waals surface area contributed by atoms with Gasteiger partial charge < -0.3 is 9.13 Å². The highest BCUT2D eigenvalue weighted by Crippen LogP contribution is 2.54. The largest absolute Gasteiger partial charge is 0.308 e. The van der Waals surface area contributed by atoms with Crippen molar-refractivity contribution in [2.45, 2.75) is 0 Å². The van der Waals surface area contributed by atoms with Gasteiger partial charge >= 0.3 is 0 Å². The highest BCUT2D eigenvalue weighted by Gasteiger charge is 2.32. The number of fused-ring (bicyclic) bond motifs is 14. The molecule has 19 aromatic rings. The summed E-state index contributed by atoms with van der Waals surface area (Å²) in [6.45, 7) is 9.62. The van der Waals surface area contributed by atoms with E-state index in [1.54, 1.807) is 132 Å². The number of hydrogen-bond acceptors (Lipinski definition) is 5. The smallest absolute Gasteiger partial charge is 0.197 e. The molecule has 5 heterocycles. The second kappa shape index (κ2) is 22.4. The van der Waals surface area contributed by atoms with Gasteiger partial charge in [-0.2, -0.15) is 0 Å². The molecule has 0 spiro atoms. The molecule has 0 atom stereocenters. The van der Waals surface area contributed by atoms with Crippen molar-refractivity contribution in [3.8, 4) is 101 Å². The Morgan fingerprint density at radius 3 is 1.09 bits per heavy atom. The van der Waals surface area contributed by atoms with Crippen molar-refractivity contribution in [3.05, 3.63) is 326 Å². The van der Waals surface area contributed by atoms with Crippen LogP contribution in [0.1, 0.15) is 34.3 Å². The van der Waals surface area contributed by atoms with Crippen LogP contribution < -0.4 is 0 Å². The third kappa shape index (κ3) is 8.94. The van der Waals surface area contributed by atoms with Gasteiger partial charge in [-0.15, -0.1) is 22.7 Å². The van der Waals surface area contributed by atoms with Gasteiger partial charge in [-0.25, -0.2) is 19.8 Å². The highest BCUT2D eigenvalue weighted by atomic mass is 32.1. The lowest BCUT2D eigenvalue weighted by molar-refractivity contribution is 1.05. The summed E-state index contributed by atoms with van der Waals surface area (Å²) in [5.41, 5.74) is 1.67. The normalized spacial score (nSPS) is 15.4. The summed E-state index contributed by atoms with van der Waals surface area (Å²) in [6, 6.07) is 32.2. The number of thiophene rings is 2. The molecule has 0 N–H and O–H groups in total. The van der Waals surface area contributed by atoms with E-state index >= 15 is 0 Å². The van der Waals surface area contributed by atoms with Crippen LogP contribution in [-0.2, 0) is 0 Å². The second-order valence-electron chi connectivity index (χ2n) is 22.6. The molecule has 0 unspecified atom stereocenters. The first-order valence-electron chi connectivity index (χ1n) is 42.6. The monoisotopic (exact) mass is 1280 g/mol. The van der Waals surface area contributed by atoms with E-state index in [0.717, 1.165) is 0 Å². The molecule has 19 rings (SSSR count). The molecule has 0 aliphatic carbocycles. The van der Waals surface area contributed by atoms with Crippen molar-refractivity contribution in [1.29, 1.82) is 0 Å². The summed E-state index contributed by atoms with van der Waals surface area (Å²) in [7, 11) is 0. The van der Waals surface area contributed by atoms with Gasteiger partial charge in [-0.3, -0.25) is 0 Å². The quantitative estimate of drug-likeness (QED) is 0.128. The van der Waals surface area contributed by atoms with Crippen molar-refractivity contribution in [2.24, 2.45) is 0 Å². The van der Waals surface area contributed by atoms with E-state index in [4.69, 9.17) is 38.3 Å². The topological polar surface area (TPSA) is 52.9 Å². The molecule has 0 bridgehead atoms. The third-order valence-electron chi connectivity index (χ3n) is 17.4. The first-order chi connectivity index (χ1) is 57.9. The Kier molecular flexibility index (Phi) is 8.32. The maximum absolute atomic E-state index is 10.2. The molecule has 14 aromatic carbocycles. The van der Waals surface area contributed by atoms with E-state index in [2.05, 4.69) is 4.85 Å².